The number of hydrogen-bond acceptors (Lipinski definition) is 6. The Balaban J connectivity index is 1.58. The molecule has 0 saturated heterocycles. The second-order valence-electron chi connectivity index (χ2n) is 4.91. The van der Waals surface area contributed by atoms with E-state index in [1.165, 1.54) is 17.6 Å². The van der Waals surface area contributed by atoms with Crippen LogP contribution in [0.3, 0.4) is 0 Å². The summed E-state index contributed by atoms with van der Waals surface area (Å²) in [7, 11) is 0. The molecule has 118 valence electrons. The van der Waals surface area contributed by atoms with Crippen molar-refractivity contribution >= 4 is 22.9 Å². The Morgan fingerprint density at radius 2 is 2.08 bits per heavy atom. The zero-order valence-corrected chi connectivity index (χ0v) is 13.1. The molecule has 0 bridgehead atoms. The molecule has 3 aromatic heterocycles. The highest BCUT2D eigenvalue weighted by Crippen LogP contribution is 2.26. The second-order valence-corrected chi connectivity index (χ2v) is 5.86. The third-order valence-corrected chi connectivity index (χ3v) is 4.14. The first-order valence-corrected chi connectivity index (χ1v) is 8.00. The molecule has 1 amide bonds. The van der Waals surface area contributed by atoms with E-state index in [2.05, 4.69) is 15.5 Å². The number of nitrogens with zero attached hydrogens (tertiary/aromatic N) is 2. The first kappa shape index (κ1) is 14.4. The maximum absolute atomic E-state index is 12.0. The fraction of sp³-hybridized carbons (Fsp3) is 0. The highest BCUT2D eigenvalue weighted by Gasteiger charge is 2.13. The van der Waals surface area contributed by atoms with E-state index in [0.717, 1.165) is 10.4 Å². The lowest BCUT2D eigenvalue weighted by molar-refractivity contribution is 0.0996. The maximum atomic E-state index is 12.0. The molecule has 0 unspecified atom stereocenters. The third kappa shape index (κ3) is 2.84. The minimum atomic E-state index is -0.315. The van der Waals surface area contributed by atoms with Gasteiger partial charge in [-0.3, -0.25) is 4.79 Å². The van der Waals surface area contributed by atoms with Crippen LogP contribution in [0, 0.1) is 0 Å². The van der Waals surface area contributed by atoms with Gasteiger partial charge in [-0.15, -0.1) is 11.3 Å². The largest absolute Gasteiger partial charge is 0.459 e. The molecule has 1 aromatic carbocycles. The van der Waals surface area contributed by atoms with Crippen molar-refractivity contribution in [2.45, 2.75) is 0 Å². The van der Waals surface area contributed by atoms with Gasteiger partial charge in [-0.1, -0.05) is 23.4 Å². The zero-order chi connectivity index (χ0) is 16.4. The molecule has 24 heavy (non-hydrogen) atoms. The van der Waals surface area contributed by atoms with Gasteiger partial charge in [-0.25, -0.2) is 0 Å². The van der Waals surface area contributed by atoms with Gasteiger partial charge in [0.25, 0.3) is 11.8 Å². The molecule has 0 aliphatic heterocycles. The molecule has 0 saturated carbocycles. The number of furan rings is 1. The van der Waals surface area contributed by atoms with Crippen LogP contribution >= 0.6 is 11.3 Å². The molecule has 0 aliphatic rings. The van der Waals surface area contributed by atoms with E-state index >= 15 is 0 Å². The Hall–Kier alpha value is -3.19. The van der Waals surface area contributed by atoms with E-state index in [-0.39, 0.29) is 11.7 Å². The van der Waals surface area contributed by atoms with Crippen molar-refractivity contribution in [3.05, 3.63) is 65.9 Å². The number of aromatic nitrogens is 2. The van der Waals surface area contributed by atoms with Crippen molar-refractivity contribution in [2.24, 2.45) is 0 Å². The minimum absolute atomic E-state index is 0.250. The SMILES string of the molecule is O=C(Nc1cccc(-c2noc(-c3cccs3)n2)c1)c1ccco1. The van der Waals surface area contributed by atoms with Gasteiger partial charge in [0.15, 0.2) is 5.76 Å². The van der Waals surface area contributed by atoms with Crippen LogP contribution in [0.15, 0.2) is 69.1 Å². The molecular weight excluding hydrogens is 326 g/mol. The molecule has 1 N–H and O–H groups in total. The Bertz CT molecular complexity index is 959. The first-order valence-electron chi connectivity index (χ1n) is 7.12. The molecule has 3 heterocycles. The lowest BCUT2D eigenvalue weighted by Crippen LogP contribution is -2.10. The fourth-order valence-corrected chi connectivity index (χ4v) is 2.82. The lowest BCUT2D eigenvalue weighted by atomic mass is 10.2. The van der Waals surface area contributed by atoms with Crippen LogP contribution in [0.25, 0.3) is 22.2 Å². The van der Waals surface area contributed by atoms with E-state index in [4.69, 9.17) is 8.94 Å². The van der Waals surface area contributed by atoms with Crippen LogP contribution in [0.4, 0.5) is 5.69 Å². The van der Waals surface area contributed by atoms with Crippen LogP contribution in [0.5, 0.6) is 0 Å². The quantitative estimate of drug-likeness (QED) is 0.600. The number of anilines is 1. The van der Waals surface area contributed by atoms with Gasteiger partial charge in [0, 0.05) is 11.3 Å². The standard InChI is InChI=1S/C17H11N3O3S/c21-16(13-6-2-8-22-13)18-12-5-1-4-11(10-12)15-19-17(23-20-15)14-7-3-9-24-14/h1-10H,(H,18,21). The van der Waals surface area contributed by atoms with Crippen LogP contribution in [0.2, 0.25) is 0 Å². The molecule has 0 fully saturated rings. The van der Waals surface area contributed by atoms with Crippen molar-refractivity contribution < 1.29 is 13.7 Å². The first-order chi connectivity index (χ1) is 11.8. The molecule has 0 spiro atoms. The number of benzene rings is 1. The number of nitrogens with one attached hydrogen (secondary N) is 1. The van der Waals surface area contributed by atoms with E-state index in [1.807, 2.05) is 29.6 Å². The average Bonchev–Trinajstić information content (AvgIpc) is 3.36. The molecular formula is C17H11N3O3S. The summed E-state index contributed by atoms with van der Waals surface area (Å²) in [6.45, 7) is 0. The molecule has 0 atom stereocenters. The van der Waals surface area contributed by atoms with Crippen molar-refractivity contribution in [1.82, 2.24) is 10.1 Å². The summed E-state index contributed by atoms with van der Waals surface area (Å²) in [5.74, 6) is 0.877. The monoisotopic (exact) mass is 337 g/mol. The molecule has 4 aromatic rings. The summed E-state index contributed by atoms with van der Waals surface area (Å²) in [5, 5.41) is 8.72. The number of carbonyl (C=O) groups excluding carboxylic acids is 1. The zero-order valence-electron chi connectivity index (χ0n) is 12.3. The molecule has 7 heteroatoms. The fourth-order valence-electron chi connectivity index (χ4n) is 2.18. The summed E-state index contributed by atoms with van der Waals surface area (Å²) >= 11 is 1.53. The summed E-state index contributed by atoms with van der Waals surface area (Å²) in [5.41, 5.74) is 1.37. The number of amides is 1. The normalized spacial score (nSPS) is 10.7. The Morgan fingerprint density at radius 1 is 1.12 bits per heavy atom. The highest BCUT2D eigenvalue weighted by molar-refractivity contribution is 7.13. The summed E-state index contributed by atoms with van der Waals surface area (Å²) in [4.78, 5) is 17.3. The van der Waals surface area contributed by atoms with Crippen LogP contribution < -0.4 is 5.32 Å². The summed E-state index contributed by atoms with van der Waals surface area (Å²) in [6, 6.07) is 14.3. The predicted octanol–water partition coefficient (Wildman–Crippen LogP) is 4.31. The Morgan fingerprint density at radius 3 is 2.88 bits per heavy atom. The topological polar surface area (TPSA) is 81.2 Å². The van der Waals surface area contributed by atoms with Gasteiger partial charge in [0.1, 0.15) is 0 Å². The van der Waals surface area contributed by atoms with Crippen LogP contribution in [0.1, 0.15) is 10.6 Å². The highest BCUT2D eigenvalue weighted by atomic mass is 32.1. The van der Waals surface area contributed by atoms with Crippen LogP contribution in [-0.2, 0) is 0 Å². The van der Waals surface area contributed by atoms with Gasteiger partial charge in [0.05, 0.1) is 11.1 Å². The second kappa shape index (κ2) is 6.13. The number of carbonyl (C=O) groups is 1. The summed E-state index contributed by atoms with van der Waals surface area (Å²) in [6.07, 6.45) is 1.46. The van der Waals surface area contributed by atoms with E-state index in [0.29, 0.717) is 17.4 Å². The van der Waals surface area contributed by atoms with E-state index in [1.54, 1.807) is 24.3 Å². The van der Waals surface area contributed by atoms with Crippen molar-refractivity contribution in [2.75, 3.05) is 5.32 Å². The van der Waals surface area contributed by atoms with Gasteiger partial charge in [-0.2, -0.15) is 4.98 Å². The van der Waals surface area contributed by atoms with Gasteiger partial charge < -0.3 is 14.3 Å². The van der Waals surface area contributed by atoms with Crippen molar-refractivity contribution in [3.63, 3.8) is 0 Å². The minimum Gasteiger partial charge on any atom is -0.459 e. The number of hydrogen-bond donors (Lipinski definition) is 1. The molecule has 4 rings (SSSR count). The lowest BCUT2D eigenvalue weighted by Gasteiger charge is -2.04. The van der Waals surface area contributed by atoms with Gasteiger partial charge in [0.2, 0.25) is 5.82 Å². The Kier molecular flexibility index (Phi) is 3.68. The molecule has 0 radical (unpaired) electrons. The predicted molar refractivity (Wildman–Crippen MR) is 89.7 cm³/mol. The van der Waals surface area contributed by atoms with E-state index < -0.39 is 0 Å². The number of thiophene rings is 1. The van der Waals surface area contributed by atoms with Crippen molar-refractivity contribution in [1.29, 1.82) is 0 Å². The third-order valence-electron chi connectivity index (χ3n) is 3.28. The average molecular weight is 337 g/mol. The Labute approximate surface area is 140 Å². The van der Waals surface area contributed by atoms with Crippen molar-refractivity contribution in [3.8, 4) is 22.2 Å². The maximum Gasteiger partial charge on any atom is 0.291 e. The van der Waals surface area contributed by atoms with E-state index in [9.17, 15) is 4.79 Å². The van der Waals surface area contributed by atoms with Crippen LogP contribution in [-0.4, -0.2) is 16.0 Å². The summed E-state index contributed by atoms with van der Waals surface area (Å²) < 4.78 is 10.4. The molecule has 0 aliphatic carbocycles. The molecule has 6 nitrogen and oxygen atoms in total. The van der Waals surface area contributed by atoms with Gasteiger partial charge in [-0.05, 0) is 35.7 Å². The smallest absolute Gasteiger partial charge is 0.291 e. The number of rotatable bonds is 4. The van der Waals surface area contributed by atoms with Gasteiger partial charge >= 0.3 is 0 Å².